The van der Waals surface area contributed by atoms with Crippen LogP contribution < -0.4 is 0 Å². The van der Waals surface area contributed by atoms with Crippen LogP contribution >= 0.6 is 0 Å². The molecule has 20 heavy (non-hydrogen) atoms. The largest absolute Gasteiger partial charge is 0.375 e. The van der Waals surface area contributed by atoms with E-state index in [0.717, 1.165) is 25.3 Å². The van der Waals surface area contributed by atoms with Crippen molar-refractivity contribution in [2.45, 2.75) is 85.8 Å². The van der Waals surface area contributed by atoms with Gasteiger partial charge in [-0.1, -0.05) is 65.0 Å². The van der Waals surface area contributed by atoms with Crippen molar-refractivity contribution in [1.29, 1.82) is 0 Å². The first-order valence-electron chi connectivity index (χ1n) is 8.33. The Bertz CT molecular complexity index is 300. The van der Waals surface area contributed by atoms with E-state index in [1.54, 1.807) is 0 Å². The molecule has 0 atom stereocenters. The number of hydrogen-bond donors (Lipinski definition) is 0. The second kappa shape index (κ2) is 14.5. The molecule has 0 N–H and O–H groups in total. The van der Waals surface area contributed by atoms with Crippen molar-refractivity contribution in [2.24, 2.45) is 0 Å². The van der Waals surface area contributed by atoms with Crippen LogP contribution in [0.1, 0.15) is 78.3 Å². The number of nitrogens with zero attached hydrogens (tertiary/aromatic N) is 3. The van der Waals surface area contributed by atoms with Crippen molar-refractivity contribution in [1.82, 2.24) is 15.0 Å². The highest BCUT2D eigenvalue weighted by Crippen LogP contribution is 2.06. The van der Waals surface area contributed by atoms with E-state index < -0.39 is 0 Å². The van der Waals surface area contributed by atoms with Gasteiger partial charge in [-0.05, 0) is 12.8 Å². The Labute approximate surface area is 124 Å². The molecule has 0 radical (unpaired) electrons. The van der Waals surface area contributed by atoms with Crippen molar-refractivity contribution in [3.05, 3.63) is 11.9 Å². The molecule has 1 aromatic rings. The lowest BCUT2D eigenvalue weighted by atomic mass is 10.1. The molecule has 0 amide bonds. The highest BCUT2D eigenvalue weighted by atomic mass is 16.5. The second-order valence-corrected chi connectivity index (χ2v) is 4.79. The van der Waals surface area contributed by atoms with Crippen molar-refractivity contribution in [3.63, 3.8) is 0 Å². The summed E-state index contributed by atoms with van der Waals surface area (Å²) in [4.78, 5) is 0. The molecular weight excluding hydrogens is 250 g/mol. The third kappa shape index (κ3) is 9.96. The number of unbranched alkanes of at least 4 members (excludes halogenated alkanes) is 5. The summed E-state index contributed by atoms with van der Waals surface area (Å²) < 4.78 is 7.37. The molecule has 0 aliphatic carbocycles. The van der Waals surface area contributed by atoms with Crippen LogP contribution in [0.3, 0.4) is 0 Å². The number of aryl methyl sites for hydroxylation is 1. The fourth-order valence-electron chi connectivity index (χ4n) is 1.89. The lowest BCUT2D eigenvalue weighted by molar-refractivity contribution is 0.119. The summed E-state index contributed by atoms with van der Waals surface area (Å²) in [5, 5.41) is 8.22. The molecule has 0 aromatic carbocycles. The SMILES string of the molecule is CC.CCCCCCCCn1cc(COCCC)nn1. The van der Waals surface area contributed by atoms with Crippen LogP contribution in [0.25, 0.3) is 0 Å². The first kappa shape index (κ1) is 19.1. The summed E-state index contributed by atoms with van der Waals surface area (Å²) >= 11 is 0. The molecule has 0 spiro atoms. The topological polar surface area (TPSA) is 39.9 Å². The summed E-state index contributed by atoms with van der Waals surface area (Å²) in [6, 6.07) is 0. The van der Waals surface area contributed by atoms with E-state index in [2.05, 4.69) is 24.2 Å². The lowest BCUT2D eigenvalue weighted by Gasteiger charge is -2.00. The predicted octanol–water partition coefficient (Wildman–Crippen LogP) is 4.59. The molecule has 1 rings (SSSR count). The van der Waals surface area contributed by atoms with Gasteiger partial charge < -0.3 is 4.74 Å². The zero-order valence-corrected chi connectivity index (χ0v) is 13.9. The maximum atomic E-state index is 5.44. The molecule has 1 aromatic heterocycles. The van der Waals surface area contributed by atoms with Gasteiger partial charge in [0.05, 0.1) is 12.8 Å². The summed E-state index contributed by atoms with van der Waals surface area (Å²) in [7, 11) is 0. The maximum Gasteiger partial charge on any atom is 0.108 e. The van der Waals surface area contributed by atoms with Crippen LogP contribution in [-0.4, -0.2) is 21.6 Å². The number of hydrogen-bond acceptors (Lipinski definition) is 3. The van der Waals surface area contributed by atoms with Gasteiger partial charge in [0.2, 0.25) is 0 Å². The van der Waals surface area contributed by atoms with Crippen LogP contribution in [0.4, 0.5) is 0 Å². The molecular formula is C16H33N3O. The molecule has 0 aliphatic heterocycles. The number of rotatable bonds is 11. The zero-order chi connectivity index (χ0) is 15.1. The van der Waals surface area contributed by atoms with Crippen molar-refractivity contribution >= 4 is 0 Å². The van der Waals surface area contributed by atoms with Crippen LogP contribution in [0.15, 0.2) is 6.20 Å². The van der Waals surface area contributed by atoms with Gasteiger partial charge in [0.1, 0.15) is 5.69 Å². The second-order valence-electron chi connectivity index (χ2n) is 4.79. The van der Waals surface area contributed by atoms with Crippen LogP contribution in [0, 0.1) is 0 Å². The molecule has 4 heteroatoms. The van der Waals surface area contributed by atoms with Crippen LogP contribution in [-0.2, 0) is 17.9 Å². The molecule has 0 bridgehead atoms. The van der Waals surface area contributed by atoms with Crippen molar-refractivity contribution in [3.8, 4) is 0 Å². The zero-order valence-electron chi connectivity index (χ0n) is 13.9. The highest BCUT2D eigenvalue weighted by molar-refractivity contribution is 4.89. The average Bonchev–Trinajstić information content (AvgIpc) is 2.93. The van der Waals surface area contributed by atoms with Gasteiger partial charge in [-0.2, -0.15) is 0 Å². The van der Waals surface area contributed by atoms with Gasteiger partial charge in [0.25, 0.3) is 0 Å². The van der Waals surface area contributed by atoms with Gasteiger partial charge in [0.15, 0.2) is 0 Å². The quantitative estimate of drug-likeness (QED) is 0.558. The standard InChI is InChI=1S/C14H27N3O.C2H6/c1-3-5-6-7-8-9-10-17-12-14(15-16-17)13-18-11-4-2;1-2/h12H,3-11,13H2,1-2H3;1-2H3. The van der Waals surface area contributed by atoms with Crippen molar-refractivity contribution < 1.29 is 4.74 Å². The fraction of sp³-hybridized carbons (Fsp3) is 0.875. The Morgan fingerprint density at radius 2 is 1.70 bits per heavy atom. The first-order valence-corrected chi connectivity index (χ1v) is 8.33. The molecule has 4 nitrogen and oxygen atoms in total. The molecule has 1 heterocycles. The monoisotopic (exact) mass is 283 g/mol. The summed E-state index contributed by atoms with van der Waals surface area (Å²) in [5.74, 6) is 0. The maximum absolute atomic E-state index is 5.44. The van der Waals surface area contributed by atoms with Crippen LogP contribution in [0.5, 0.6) is 0 Å². The fourth-order valence-corrected chi connectivity index (χ4v) is 1.89. The van der Waals surface area contributed by atoms with E-state index in [1.807, 2.05) is 24.7 Å². The molecule has 0 fully saturated rings. The highest BCUT2D eigenvalue weighted by Gasteiger charge is 2.00. The third-order valence-electron chi connectivity index (χ3n) is 2.93. The predicted molar refractivity (Wildman–Crippen MR) is 84.7 cm³/mol. The van der Waals surface area contributed by atoms with Gasteiger partial charge >= 0.3 is 0 Å². The van der Waals surface area contributed by atoms with Gasteiger partial charge in [-0.25, -0.2) is 0 Å². The van der Waals surface area contributed by atoms with E-state index in [4.69, 9.17) is 4.74 Å². The minimum absolute atomic E-state index is 0.588. The van der Waals surface area contributed by atoms with Crippen molar-refractivity contribution in [2.75, 3.05) is 6.61 Å². The van der Waals surface area contributed by atoms with E-state index in [9.17, 15) is 0 Å². The summed E-state index contributed by atoms with van der Waals surface area (Å²) in [5.41, 5.74) is 0.939. The van der Waals surface area contributed by atoms with E-state index in [0.29, 0.717) is 6.61 Å². The van der Waals surface area contributed by atoms with Gasteiger partial charge in [-0.15, -0.1) is 5.10 Å². The molecule has 118 valence electrons. The molecule has 0 saturated carbocycles. The first-order chi connectivity index (χ1) is 9.86. The minimum Gasteiger partial charge on any atom is -0.375 e. The lowest BCUT2D eigenvalue weighted by Crippen LogP contribution is -1.98. The smallest absolute Gasteiger partial charge is 0.108 e. The average molecular weight is 283 g/mol. The van der Waals surface area contributed by atoms with E-state index in [1.165, 1.54) is 38.5 Å². The molecule has 0 saturated heterocycles. The Hall–Kier alpha value is -0.900. The Kier molecular flexibility index (Phi) is 13.9. The number of ether oxygens (including phenoxy) is 1. The Balaban J connectivity index is 0.00000172. The normalized spacial score (nSPS) is 10.2. The summed E-state index contributed by atoms with van der Waals surface area (Å²) in [6.07, 6.45) is 10.9. The minimum atomic E-state index is 0.588. The Morgan fingerprint density at radius 3 is 2.40 bits per heavy atom. The third-order valence-corrected chi connectivity index (χ3v) is 2.93. The van der Waals surface area contributed by atoms with E-state index in [-0.39, 0.29) is 0 Å². The molecule has 0 unspecified atom stereocenters. The summed E-state index contributed by atoms with van der Waals surface area (Å²) in [6.45, 7) is 10.7. The van der Waals surface area contributed by atoms with Gasteiger partial charge in [-0.3, -0.25) is 4.68 Å². The van der Waals surface area contributed by atoms with Gasteiger partial charge in [0, 0.05) is 13.2 Å². The van der Waals surface area contributed by atoms with Crippen LogP contribution in [0.2, 0.25) is 0 Å². The van der Waals surface area contributed by atoms with E-state index >= 15 is 0 Å². The Morgan fingerprint density at radius 1 is 1.00 bits per heavy atom. The molecule has 0 aliphatic rings. The number of aromatic nitrogens is 3.